The normalized spacial score (nSPS) is 11.4. The highest BCUT2D eigenvalue weighted by Gasteiger charge is 2.22. The van der Waals surface area contributed by atoms with Gasteiger partial charge in [0.1, 0.15) is 0 Å². The molecule has 0 amide bonds. The van der Waals surface area contributed by atoms with Crippen molar-refractivity contribution >= 4 is 5.69 Å². The van der Waals surface area contributed by atoms with Crippen LogP contribution in [0.25, 0.3) is 0 Å². The van der Waals surface area contributed by atoms with Gasteiger partial charge in [0.25, 0.3) is 0 Å². The van der Waals surface area contributed by atoms with E-state index in [1.165, 1.54) is 11.1 Å². The Morgan fingerprint density at radius 2 is 1.52 bits per heavy atom. The van der Waals surface area contributed by atoms with E-state index in [-0.39, 0.29) is 13.2 Å². The van der Waals surface area contributed by atoms with Gasteiger partial charge in [-0.1, -0.05) is 55.5 Å². The van der Waals surface area contributed by atoms with E-state index in [9.17, 15) is 10.2 Å². The van der Waals surface area contributed by atoms with Crippen LogP contribution >= 0.6 is 0 Å². The molecule has 21 heavy (non-hydrogen) atoms. The van der Waals surface area contributed by atoms with E-state index in [0.717, 1.165) is 12.1 Å². The maximum atomic E-state index is 9.37. The molecule has 112 valence electrons. The zero-order valence-corrected chi connectivity index (χ0v) is 12.4. The number of rotatable bonds is 7. The first-order chi connectivity index (χ1) is 10.2. The first-order valence-corrected chi connectivity index (χ1v) is 7.24. The van der Waals surface area contributed by atoms with Crippen LogP contribution in [-0.4, -0.2) is 30.0 Å². The van der Waals surface area contributed by atoms with Crippen molar-refractivity contribution in [3.63, 3.8) is 0 Å². The molecule has 2 rings (SSSR count). The van der Waals surface area contributed by atoms with Crippen molar-refractivity contribution in [3.8, 4) is 0 Å². The van der Waals surface area contributed by atoms with Gasteiger partial charge in [-0.15, -0.1) is 0 Å². The highest BCUT2D eigenvalue weighted by molar-refractivity contribution is 5.53. The van der Waals surface area contributed by atoms with Crippen molar-refractivity contribution in [3.05, 3.63) is 65.7 Å². The lowest BCUT2D eigenvalue weighted by Crippen LogP contribution is -2.34. The Hall–Kier alpha value is -1.84. The van der Waals surface area contributed by atoms with Crippen LogP contribution in [-0.2, 0) is 6.42 Å². The molecule has 3 nitrogen and oxygen atoms in total. The third kappa shape index (κ3) is 4.31. The quantitative estimate of drug-likeness (QED) is 0.733. The average molecular weight is 285 g/mol. The summed E-state index contributed by atoms with van der Waals surface area (Å²) in [5.74, 6) is 0. The van der Waals surface area contributed by atoms with Gasteiger partial charge >= 0.3 is 0 Å². The van der Waals surface area contributed by atoms with E-state index in [4.69, 9.17) is 0 Å². The van der Waals surface area contributed by atoms with E-state index in [1.54, 1.807) is 0 Å². The third-order valence-corrected chi connectivity index (χ3v) is 3.72. The summed E-state index contributed by atoms with van der Waals surface area (Å²) in [5, 5.41) is 22.1. The van der Waals surface area contributed by atoms with Crippen molar-refractivity contribution in [2.45, 2.75) is 13.3 Å². The SMILES string of the molecule is CC(CO)(CO)CNc1ccccc1Cc1ccccc1. The standard InChI is InChI=1S/C18H23NO2/c1-18(13-20,14-21)12-19-17-10-6-5-9-16(17)11-15-7-3-2-4-8-15/h2-10,19-21H,11-14H2,1H3. The summed E-state index contributed by atoms with van der Waals surface area (Å²) in [4.78, 5) is 0. The third-order valence-electron chi connectivity index (χ3n) is 3.72. The Morgan fingerprint density at radius 3 is 2.19 bits per heavy atom. The van der Waals surface area contributed by atoms with E-state index in [1.807, 2.05) is 43.3 Å². The molecule has 2 aromatic rings. The molecule has 0 aliphatic heterocycles. The summed E-state index contributed by atoms with van der Waals surface area (Å²) in [7, 11) is 0. The molecule has 3 heteroatoms. The van der Waals surface area contributed by atoms with Gasteiger partial charge < -0.3 is 15.5 Å². The zero-order valence-electron chi connectivity index (χ0n) is 12.4. The molecule has 0 saturated carbocycles. The number of para-hydroxylation sites is 1. The summed E-state index contributed by atoms with van der Waals surface area (Å²) in [5.41, 5.74) is 3.01. The molecule has 0 fully saturated rings. The second kappa shape index (κ2) is 7.25. The van der Waals surface area contributed by atoms with Gasteiger partial charge in [0.2, 0.25) is 0 Å². The molecule has 0 aliphatic carbocycles. The predicted molar refractivity (Wildman–Crippen MR) is 86.5 cm³/mol. The van der Waals surface area contributed by atoms with E-state index < -0.39 is 5.41 Å². The van der Waals surface area contributed by atoms with Crippen molar-refractivity contribution in [2.75, 3.05) is 25.1 Å². The van der Waals surface area contributed by atoms with Crippen molar-refractivity contribution < 1.29 is 10.2 Å². The summed E-state index contributed by atoms with van der Waals surface area (Å²) in [6, 6.07) is 18.5. The summed E-state index contributed by atoms with van der Waals surface area (Å²) < 4.78 is 0. The van der Waals surface area contributed by atoms with Crippen LogP contribution in [0.5, 0.6) is 0 Å². The van der Waals surface area contributed by atoms with Crippen molar-refractivity contribution in [1.82, 2.24) is 0 Å². The van der Waals surface area contributed by atoms with Crippen LogP contribution in [0.4, 0.5) is 5.69 Å². The number of anilines is 1. The molecule has 3 N–H and O–H groups in total. The van der Waals surface area contributed by atoms with Gasteiger partial charge in [0.15, 0.2) is 0 Å². The molecular weight excluding hydrogens is 262 g/mol. The topological polar surface area (TPSA) is 52.5 Å². The number of hydrogen-bond donors (Lipinski definition) is 3. The van der Waals surface area contributed by atoms with E-state index in [0.29, 0.717) is 6.54 Å². The Bertz CT molecular complexity index is 550. The minimum Gasteiger partial charge on any atom is -0.396 e. The highest BCUT2D eigenvalue weighted by Crippen LogP contribution is 2.22. The summed E-state index contributed by atoms with van der Waals surface area (Å²) >= 11 is 0. The monoisotopic (exact) mass is 285 g/mol. The van der Waals surface area contributed by atoms with Gasteiger partial charge in [0.05, 0.1) is 13.2 Å². The molecule has 0 spiro atoms. The van der Waals surface area contributed by atoms with Crippen LogP contribution in [0.15, 0.2) is 54.6 Å². The number of nitrogens with one attached hydrogen (secondary N) is 1. The van der Waals surface area contributed by atoms with Crippen molar-refractivity contribution in [2.24, 2.45) is 5.41 Å². The smallest absolute Gasteiger partial charge is 0.0523 e. The minimum atomic E-state index is -0.514. The second-order valence-electron chi connectivity index (χ2n) is 5.80. The van der Waals surface area contributed by atoms with Gasteiger partial charge in [0, 0.05) is 17.6 Å². The molecule has 2 aromatic carbocycles. The fraction of sp³-hybridized carbons (Fsp3) is 0.333. The average Bonchev–Trinajstić information content (AvgIpc) is 2.55. The van der Waals surface area contributed by atoms with Gasteiger partial charge in [-0.2, -0.15) is 0 Å². The maximum absolute atomic E-state index is 9.37. The predicted octanol–water partition coefficient (Wildman–Crippen LogP) is 2.68. The van der Waals surface area contributed by atoms with Crippen LogP contribution in [0, 0.1) is 5.41 Å². The fourth-order valence-corrected chi connectivity index (χ4v) is 2.13. The van der Waals surface area contributed by atoms with Crippen molar-refractivity contribution in [1.29, 1.82) is 0 Å². The first kappa shape index (κ1) is 15.5. The lowest BCUT2D eigenvalue weighted by Gasteiger charge is -2.26. The van der Waals surface area contributed by atoms with Crippen LogP contribution in [0.2, 0.25) is 0 Å². The Morgan fingerprint density at radius 1 is 0.905 bits per heavy atom. The second-order valence-corrected chi connectivity index (χ2v) is 5.80. The van der Waals surface area contributed by atoms with Gasteiger partial charge in [-0.3, -0.25) is 0 Å². The Balaban J connectivity index is 2.10. The minimum absolute atomic E-state index is 0.0443. The Labute approximate surface area is 126 Å². The zero-order chi connectivity index (χ0) is 15.1. The summed E-state index contributed by atoms with van der Waals surface area (Å²) in [6.45, 7) is 2.31. The number of benzene rings is 2. The Kier molecular flexibility index (Phi) is 5.37. The first-order valence-electron chi connectivity index (χ1n) is 7.24. The molecule has 0 aliphatic rings. The number of aliphatic hydroxyl groups is 2. The van der Waals surface area contributed by atoms with Gasteiger partial charge in [-0.25, -0.2) is 0 Å². The molecule has 0 radical (unpaired) electrons. The fourth-order valence-electron chi connectivity index (χ4n) is 2.13. The summed E-state index contributed by atoms with van der Waals surface area (Å²) in [6.07, 6.45) is 0.860. The lowest BCUT2D eigenvalue weighted by molar-refractivity contribution is 0.0806. The van der Waals surface area contributed by atoms with E-state index in [2.05, 4.69) is 23.5 Å². The lowest BCUT2D eigenvalue weighted by atomic mass is 9.92. The van der Waals surface area contributed by atoms with Gasteiger partial charge in [-0.05, 0) is 23.6 Å². The van der Waals surface area contributed by atoms with Crippen LogP contribution in [0.3, 0.4) is 0 Å². The maximum Gasteiger partial charge on any atom is 0.0523 e. The largest absolute Gasteiger partial charge is 0.396 e. The van der Waals surface area contributed by atoms with Crippen LogP contribution in [0.1, 0.15) is 18.1 Å². The number of aliphatic hydroxyl groups excluding tert-OH is 2. The number of hydrogen-bond acceptors (Lipinski definition) is 3. The van der Waals surface area contributed by atoms with E-state index >= 15 is 0 Å². The molecule has 0 aromatic heterocycles. The van der Waals surface area contributed by atoms with Crippen LogP contribution < -0.4 is 5.32 Å². The highest BCUT2D eigenvalue weighted by atomic mass is 16.3. The molecule has 0 heterocycles. The molecule has 0 unspecified atom stereocenters. The molecule has 0 atom stereocenters. The molecule has 0 bridgehead atoms. The molecular formula is C18H23NO2. The molecule has 0 saturated heterocycles.